The van der Waals surface area contributed by atoms with Crippen LogP contribution in [0.5, 0.6) is 34.8 Å². The number of sulfonamides is 2. The summed E-state index contributed by atoms with van der Waals surface area (Å²) in [6.07, 6.45) is 0.673. The predicted molar refractivity (Wildman–Crippen MR) is 331 cm³/mol. The van der Waals surface area contributed by atoms with Crippen LogP contribution in [-0.2, 0) is 36.2 Å². The molecule has 4 aliphatic carbocycles. The van der Waals surface area contributed by atoms with Gasteiger partial charge in [-0.05, 0) is 81.2 Å². The second kappa shape index (κ2) is 28.9. The molecule has 0 radical (unpaired) electrons. The molecule has 0 atom stereocenters. The van der Waals surface area contributed by atoms with Crippen LogP contribution in [0.1, 0.15) is 81.2 Å². The summed E-state index contributed by atoms with van der Waals surface area (Å²) in [6.45, 7) is 0.249. The van der Waals surface area contributed by atoms with Gasteiger partial charge in [0, 0.05) is 37.1 Å². The molecule has 7 aromatic rings. The summed E-state index contributed by atoms with van der Waals surface area (Å²) in [5, 5.41) is 21.6. The molecule has 0 bridgehead atoms. The molecule has 0 spiro atoms. The fourth-order valence-corrected chi connectivity index (χ4v) is 12.7. The summed E-state index contributed by atoms with van der Waals surface area (Å²) in [7, 11) is -8.60. The zero-order valence-corrected chi connectivity index (χ0v) is 54.0. The molecule has 4 fully saturated rings. The summed E-state index contributed by atoms with van der Waals surface area (Å²) >= 11 is 39.7. The molecule has 26 nitrogen and oxygen atoms in total. The highest BCUT2D eigenvalue weighted by atomic mass is 35.6. The van der Waals surface area contributed by atoms with E-state index in [1.807, 2.05) is 6.07 Å². The van der Waals surface area contributed by atoms with Gasteiger partial charge in [0.25, 0.3) is 24.0 Å². The van der Waals surface area contributed by atoms with E-state index in [0.717, 1.165) is 80.0 Å². The maximum Gasteiger partial charge on any atom is 0.450 e. The number of aromatic nitrogens is 8. The van der Waals surface area contributed by atoms with E-state index in [0.29, 0.717) is 35.0 Å². The number of aromatic hydroxyl groups is 1. The van der Waals surface area contributed by atoms with Gasteiger partial charge in [0.15, 0.2) is 34.4 Å². The van der Waals surface area contributed by atoms with E-state index in [2.05, 4.69) is 40.2 Å². The summed E-state index contributed by atoms with van der Waals surface area (Å²) in [5.41, 5.74) is -8.71. The van der Waals surface area contributed by atoms with Crippen LogP contribution in [0.2, 0.25) is 20.1 Å². The largest absolute Gasteiger partial charge is 0.505 e. The zero-order chi connectivity index (χ0) is 67.5. The van der Waals surface area contributed by atoms with Crippen molar-refractivity contribution in [2.75, 3.05) is 13.1 Å². The van der Waals surface area contributed by atoms with Crippen molar-refractivity contribution < 1.29 is 63.3 Å². The number of rotatable bonds is 23. The first-order chi connectivity index (χ1) is 43.9. The van der Waals surface area contributed by atoms with Crippen LogP contribution in [0.15, 0.2) is 108 Å². The van der Waals surface area contributed by atoms with E-state index >= 15 is 0 Å². The second-order valence-electron chi connectivity index (χ2n) is 21.1. The van der Waals surface area contributed by atoms with Gasteiger partial charge in [-0.1, -0.05) is 76.7 Å². The van der Waals surface area contributed by atoms with Crippen LogP contribution in [-0.4, -0.2) is 102 Å². The number of H-pyrrole nitrogens is 2. The number of amides is 2. The van der Waals surface area contributed by atoms with E-state index in [9.17, 15) is 68.3 Å². The lowest BCUT2D eigenvalue weighted by Gasteiger charge is -2.20. The van der Waals surface area contributed by atoms with Crippen molar-refractivity contribution in [3.63, 3.8) is 0 Å². The molecule has 4 aliphatic rings. The van der Waals surface area contributed by atoms with Crippen molar-refractivity contribution in [2.24, 2.45) is 11.8 Å². The van der Waals surface area contributed by atoms with Crippen molar-refractivity contribution in [1.82, 2.24) is 59.6 Å². The Labute approximate surface area is 557 Å². The van der Waals surface area contributed by atoms with E-state index < -0.39 is 93.5 Å². The number of hydrogen-bond donors (Lipinski definition) is 7. The highest BCUT2D eigenvalue weighted by molar-refractivity contribution is 7.90. The molecular weight excluding hydrogens is 1430 g/mol. The Kier molecular flexibility index (Phi) is 21.8. The van der Waals surface area contributed by atoms with Gasteiger partial charge in [-0.3, -0.25) is 29.1 Å². The summed E-state index contributed by atoms with van der Waals surface area (Å²) in [5.74, 6) is -2.13. The smallest absolute Gasteiger partial charge is 0.450 e. The predicted octanol–water partition coefficient (Wildman–Crippen LogP) is 8.35. The first-order valence-corrected chi connectivity index (χ1v) is 32.9. The number of ether oxygens (including phenoxy) is 3. The molecule has 4 aromatic heterocycles. The number of pyridine rings is 2. The minimum Gasteiger partial charge on any atom is -0.505 e. The Balaban J connectivity index is 0.000000210. The molecule has 11 rings (SSSR count). The molecular formula is C53H46BCl7F4N12O14S2. The van der Waals surface area contributed by atoms with Crippen molar-refractivity contribution >= 4 is 118 Å². The fourth-order valence-electron chi connectivity index (χ4n) is 8.51. The Hall–Kier alpha value is -7.05. The molecule has 93 heavy (non-hydrogen) atoms. The van der Waals surface area contributed by atoms with Gasteiger partial charge in [0.05, 0.1) is 54.9 Å². The topological polar surface area (TPSA) is 360 Å². The normalized spacial score (nSPS) is 15.2. The van der Waals surface area contributed by atoms with Gasteiger partial charge in [-0.15, -0.1) is 0 Å². The quantitative estimate of drug-likeness (QED) is 0.0233. The Morgan fingerprint density at radius 1 is 0.634 bits per heavy atom. The average molecular weight is 1470 g/mol. The summed E-state index contributed by atoms with van der Waals surface area (Å²) in [4.78, 5) is 81.8. The van der Waals surface area contributed by atoms with Gasteiger partial charge < -0.3 is 30.0 Å². The number of halogens is 11. The van der Waals surface area contributed by atoms with Gasteiger partial charge in [-0.25, -0.2) is 63.4 Å². The number of hydrogen-bond acceptors (Lipinski definition) is 18. The molecule has 3 aromatic carbocycles. The fraction of sp³-hybridized carbons (Fsp3) is 0.321. The molecule has 4 saturated carbocycles. The minimum atomic E-state index is -4.31. The molecule has 494 valence electrons. The van der Waals surface area contributed by atoms with Crippen LogP contribution < -0.4 is 56.8 Å². The lowest BCUT2D eigenvalue weighted by Crippen LogP contribution is -2.46. The Morgan fingerprint density at radius 2 is 1.02 bits per heavy atom. The standard InChI is InChI=1S/C30H26Cl2F2N6O7S.C23H20Cl2F2N6O7S.BCl3/c31-19-10-18(40-29(43)37-28(42)24(38-40)26(33)34)11-20(32)25(19)47-23-12-22(21(13-35-23)46-14-16-4-2-1-3-5-16)48(44,45)39-30(8-9-30)15-36-27(41)17-6-7-17;24-12-5-11(33-22(37)30-21(36)17(31-33)19(26)27)6-13(25)18(12)40-16-7-15(14(34)8-28-16)41(38,39)32-23(3-4-23)9-29-20(35)10-1-2-10;2-1(3)4/h1-5,10-13,17,26,39H,6-9,14-15H2,(H,36,41)(H,37,42,43);5-8,10,19,32,34H,1-4,9H2,(H,29,35)(H,30,36,37);. The van der Waals surface area contributed by atoms with Gasteiger partial charge in [0.1, 0.15) is 16.4 Å². The van der Waals surface area contributed by atoms with Gasteiger partial charge in [-0.2, -0.15) is 53.9 Å². The molecule has 40 heteroatoms. The first-order valence-electron chi connectivity index (χ1n) is 27.2. The van der Waals surface area contributed by atoms with Gasteiger partial charge >= 0.3 is 16.3 Å². The third kappa shape index (κ3) is 18.1. The first kappa shape index (κ1) is 70.3. The number of nitrogens with one attached hydrogen (secondary N) is 6. The molecule has 4 heterocycles. The molecule has 2 amide bonds. The van der Waals surface area contributed by atoms with Crippen molar-refractivity contribution in [1.29, 1.82) is 0 Å². The van der Waals surface area contributed by atoms with E-state index in [4.69, 9.17) is 95.0 Å². The number of benzene rings is 3. The van der Waals surface area contributed by atoms with Crippen LogP contribution in [0, 0.1) is 11.8 Å². The van der Waals surface area contributed by atoms with Crippen LogP contribution in [0.3, 0.4) is 0 Å². The molecule has 0 unspecified atom stereocenters. The Morgan fingerprint density at radius 3 is 1.41 bits per heavy atom. The van der Waals surface area contributed by atoms with Crippen LogP contribution in [0.4, 0.5) is 17.6 Å². The lowest BCUT2D eigenvalue weighted by atomic mass is 10.2. The molecule has 0 aliphatic heterocycles. The van der Waals surface area contributed by atoms with Crippen molar-refractivity contribution in [2.45, 2.75) is 91.7 Å². The van der Waals surface area contributed by atoms with E-state index in [-0.39, 0.29) is 109 Å². The van der Waals surface area contributed by atoms with Crippen molar-refractivity contribution in [3.8, 4) is 46.1 Å². The molecule has 0 saturated heterocycles. The summed E-state index contributed by atoms with van der Waals surface area (Å²) < 4.78 is 130. The number of alkyl halides is 4. The number of carbonyl (C=O) groups excluding carboxylic acids is 2. The molecule has 7 N–H and O–H groups in total. The zero-order valence-electron chi connectivity index (χ0n) is 47.1. The maximum atomic E-state index is 13.8. The van der Waals surface area contributed by atoms with Crippen molar-refractivity contribution in [3.05, 3.63) is 158 Å². The SMILES string of the molecule is ClB(Cl)Cl.O=C(NCC1(NS(=O)(=O)c2cc(Oc3c(Cl)cc(-n4nc(C(F)F)c(=O)[nH]c4=O)cc3Cl)ncc2O)CC1)C1CC1.O=C(NCC1(NS(=O)(=O)c2cc(Oc3c(Cl)cc(-n4nc(C(F)F)c(=O)[nH]c4=O)cc3Cl)ncc2OCc2ccccc2)CC1)C1CC1. The number of aromatic amines is 2. The number of nitrogens with zero attached hydrogens (tertiary/aromatic N) is 6. The maximum absolute atomic E-state index is 13.8. The number of carbonyl (C=O) groups is 2. The second-order valence-corrected chi connectivity index (χ2v) is 28.0. The van der Waals surface area contributed by atoms with E-state index in [1.165, 1.54) is 0 Å². The lowest BCUT2D eigenvalue weighted by molar-refractivity contribution is -0.123. The van der Waals surface area contributed by atoms with E-state index in [1.54, 1.807) is 34.2 Å². The third-order valence-electron chi connectivity index (χ3n) is 13.9. The van der Waals surface area contributed by atoms with Crippen LogP contribution in [0.25, 0.3) is 11.4 Å². The highest BCUT2D eigenvalue weighted by Gasteiger charge is 2.49. The monoisotopic (exact) mass is 1470 g/mol. The summed E-state index contributed by atoms with van der Waals surface area (Å²) in [6, 6.07) is 15.5. The minimum absolute atomic E-state index is 0.0262. The third-order valence-corrected chi connectivity index (χ3v) is 18.3. The highest BCUT2D eigenvalue weighted by Crippen LogP contribution is 2.44. The van der Waals surface area contributed by atoms with Gasteiger partial charge in [0.2, 0.25) is 43.6 Å². The average Bonchev–Trinajstić information content (AvgIpc) is 1.69. The van der Waals surface area contributed by atoms with Crippen LogP contribution >= 0.6 is 80.8 Å². The Bertz CT molecular complexity index is 4460.